The van der Waals surface area contributed by atoms with Crippen molar-refractivity contribution in [2.75, 3.05) is 0 Å². The third kappa shape index (κ3) is 4.28. The molecule has 0 spiro atoms. The van der Waals surface area contributed by atoms with E-state index in [1.54, 1.807) is 4.80 Å². The highest BCUT2D eigenvalue weighted by molar-refractivity contribution is 5.74. The highest BCUT2D eigenvalue weighted by Gasteiger charge is 2.53. The number of hydrogen-bond donors (Lipinski definition) is 1. The van der Waals surface area contributed by atoms with Crippen LogP contribution >= 0.6 is 0 Å². The van der Waals surface area contributed by atoms with Crippen molar-refractivity contribution in [3.63, 3.8) is 0 Å². The maximum absolute atomic E-state index is 11.7. The highest BCUT2D eigenvalue weighted by Crippen LogP contribution is 2.58. The molecule has 0 atom stereocenters. The molecule has 5 aromatic rings. The molecule has 38 heavy (non-hydrogen) atoms. The van der Waals surface area contributed by atoms with Crippen molar-refractivity contribution in [3.8, 4) is 11.4 Å². The van der Waals surface area contributed by atoms with Gasteiger partial charge in [-0.25, -0.2) is 0 Å². The molecule has 4 heteroatoms. The number of hydrogen-bond acceptors (Lipinski definition) is 3. The van der Waals surface area contributed by atoms with Crippen molar-refractivity contribution >= 4 is 11.0 Å². The molecule has 0 bridgehead atoms. The SMILES string of the molecule is CC(C)(C)C(c1ccccc1)(c1cc(Cc2ccccc2)c(O)c(-n2nc3ccccc3n2)c1)C(C)(C)C. The summed E-state index contributed by atoms with van der Waals surface area (Å²) in [7, 11) is 0. The lowest BCUT2D eigenvalue weighted by atomic mass is 9.48. The molecular weight excluding hydrogens is 466 g/mol. The van der Waals surface area contributed by atoms with Crippen LogP contribution in [0.4, 0.5) is 0 Å². The van der Waals surface area contributed by atoms with E-state index >= 15 is 0 Å². The molecule has 4 nitrogen and oxygen atoms in total. The van der Waals surface area contributed by atoms with E-state index in [1.807, 2.05) is 42.5 Å². The number of benzene rings is 4. The van der Waals surface area contributed by atoms with Crippen molar-refractivity contribution < 1.29 is 5.11 Å². The van der Waals surface area contributed by atoms with Gasteiger partial charge in [-0.2, -0.15) is 0 Å². The molecule has 1 aromatic heterocycles. The lowest BCUT2D eigenvalue weighted by Crippen LogP contribution is -2.51. The Morgan fingerprint density at radius 1 is 0.632 bits per heavy atom. The van der Waals surface area contributed by atoms with Gasteiger partial charge in [0.15, 0.2) is 0 Å². The Morgan fingerprint density at radius 2 is 1.13 bits per heavy atom. The summed E-state index contributed by atoms with van der Waals surface area (Å²) in [5, 5.41) is 21.2. The lowest BCUT2D eigenvalue weighted by Gasteiger charge is -2.55. The molecule has 0 unspecified atom stereocenters. The minimum Gasteiger partial charge on any atom is -0.505 e. The monoisotopic (exact) mass is 503 g/mol. The van der Waals surface area contributed by atoms with Gasteiger partial charge in [-0.1, -0.05) is 120 Å². The van der Waals surface area contributed by atoms with Crippen LogP contribution in [0.15, 0.2) is 97.1 Å². The smallest absolute Gasteiger partial charge is 0.146 e. The van der Waals surface area contributed by atoms with E-state index in [2.05, 4.69) is 96.1 Å². The Bertz CT molecular complexity index is 1510. The highest BCUT2D eigenvalue weighted by atomic mass is 16.3. The van der Waals surface area contributed by atoms with Crippen LogP contribution in [0, 0.1) is 10.8 Å². The summed E-state index contributed by atoms with van der Waals surface area (Å²) in [6, 6.07) is 33.2. The number of phenolic OH excluding ortho intramolecular Hbond substituents is 1. The minimum atomic E-state index is -0.387. The van der Waals surface area contributed by atoms with Crippen molar-refractivity contribution in [1.82, 2.24) is 15.0 Å². The molecule has 0 saturated heterocycles. The Balaban J connectivity index is 1.85. The standard InChI is InChI=1S/C34H37N3O/c1-32(2,3)34(33(4,5)6,26-17-11-8-12-18-26)27-22-25(21-24-15-9-7-10-16-24)31(38)30(23-27)37-35-28-19-13-14-20-29(28)36-37/h7-20,22-23,38H,21H2,1-6H3. The van der Waals surface area contributed by atoms with Gasteiger partial charge in [-0.15, -0.1) is 15.0 Å². The van der Waals surface area contributed by atoms with Crippen molar-refractivity contribution in [3.05, 3.63) is 119 Å². The summed E-state index contributed by atoms with van der Waals surface area (Å²) in [6.45, 7) is 13.9. The first-order valence-corrected chi connectivity index (χ1v) is 13.3. The van der Waals surface area contributed by atoms with Crippen LogP contribution in [-0.4, -0.2) is 20.1 Å². The van der Waals surface area contributed by atoms with Gasteiger partial charge < -0.3 is 5.11 Å². The minimum absolute atomic E-state index is 0.160. The molecule has 194 valence electrons. The second-order valence-corrected chi connectivity index (χ2v) is 12.3. The molecule has 1 N–H and O–H groups in total. The number of phenols is 1. The molecule has 1 heterocycles. The Kier molecular flexibility index (Phi) is 6.38. The van der Waals surface area contributed by atoms with E-state index in [1.165, 1.54) is 5.56 Å². The summed E-state index contributed by atoms with van der Waals surface area (Å²) in [6.07, 6.45) is 0.605. The zero-order valence-corrected chi connectivity index (χ0v) is 23.2. The van der Waals surface area contributed by atoms with Crippen LogP contribution < -0.4 is 0 Å². The Morgan fingerprint density at radius 3 is 1.66 bits per heavy atom. The van der Waals surface area contributed by atoms with Gasteiger partial charge in [0.1, 0.15) is 22.5 Å². The zero-order valence-electron chi connectivity index (χ0n) is 23.2. The van der Waals surface area contributed by atoms with Gasteiger partial charge in [-0.05, 0) is 45.7 Å². The number of rotatable bonds is 5. The first-order chi connectivity index (χ1) is 18.0. The van der Waals surface area contributed by atoms with Gasteiger partial charge in [0, 0.05) is 17.4 Å². The normalized spacial score (nSPS) is 12.7. The quantitative estimate of drug-likeness (QED) is 0.264. The molecule has 0 aliphatic heterocycles. The predicted molar refractivity (Wildman–Crippen MR) is 156 cm³/mol. The van der Waals surface area contributed by atoms with Crippen molar-refractivity contribution in [1.29, 1.82) is 0 Å². The fourth-order valence-corrected chi connectivity index (χ4v) is 6.68. The fourth-order valence-electron chi connectivity index (χ4n) is 6.68. The van der Waals surface area contributed by atoms with E-state index in [4.69, 9.17) is 10.2 Å². The van der Waals surface area contributed by atoms with Gasteiger partial charge in [0.05, 0.1) is 0 Å². The number of aromatic nitrogens is 3. The summed E-state index contributed by atoms with van der Waals surface area (Å²) >= 11 is 0. The second-order valence-electron chi connectivity index (χ2n) is 12.3. The average Bonchev–Trinajstić information content (AvgIpc) is 3.30. The topological polar surface area (TPSA) is 50.9 Å². The summed E-state index contributed by atoms with van der Waals surface area (Å²) < 4.78 is 0. The molecule has 0 amide bonds. The lowest BCUT2D eigenvalue weighted by molar-refractivity contribution is 0.0905. The molecule has 0 fully saturated rings. The molecule has 0 aliphatic rings. The average molecular weight is 504 g/mol. The number of aromatic hydroxyl groups is 1. The van der Waals surface area contributed by atoms with Gasteiger partial charge in [-0.3, -0.25) is 0 Å². The molecule has 5 rings (SSSR count). The third-order valence-electron chi connectivity index (χ3n) is 7.80. The summed E-state index contributed by atoms with van der Waals surface area (Å²) in [5.74, 6) is 0.211. The van der Waals surface area contributed by atoms with Crippen LogP contribution in [0.5, 0.6) is 5.75 Å². The first kappa shape index (κ1) is 25.7. The number of nitrogens with zero attached hydrogens (tertiary/aromatic N) is 3. The maximum Gasteiger partial charge on any atom is 0.146 e. The van der Waals surface area contributed by atoms with E-state index in [9.17, 15) is 5.11 Å². The van der Waals surface area contributed by atoms with E-state index in [0.29, 0.717) is 12.1 Å². The van der Waals surface area contributed by atoms with Gasteiger partial charge >= 0.3 is 0 Å². The molecular formula is C34H37N3O. The van der Waals surface area contributed by atoms with Crippen LogP contribution in [0.1, 0.15) is 63.8 Å². The largest absolute Gasteiger partial charge is 0.505 e. The van der Waals surface area contributed by atoms with E-state index < -0.39 is 0 Å². The zero-order chi connectivity index (χ0) is 27.1. The first-order valence-electron chi connectivity index (χ1n) is 13.3. The van der Waals surface area contributed by atoms with E-state index in [0.717, 1.165) is 27.7 Å². The van der Waals surface area contributed by atoms with E-state index in [-0.39, 0.29) is 22.0 Å². The predicted octanol–water partition coefficient (Wildman–Crippen LogP) is 8.10. The van der Waals surface area contributed by atoms with Crippen LogP contribution in [0.2, 0.25) is 0 Å². The van der Waals surface area contributed by atoms with Crippen molar-refractivity contribution in [2.45, 2.75) is 53.4 Å². The molecule has 4 aromatic carbocycles. The van der Waals surface area contributed by atoms with Crippen LogP contribution in [0.25, 0.3) is 16.7 Å². The maximum atomic E-state index is 11.7. The molecule has 0 aliphatic carbocycles. The van der Waals surface area contributed by atoms with Gasteiger partial charge in [0.2, 0.25) is 0 Å². The molecule has 0 saturated carbocycles. The summed E-state index contributed by atoms with van der Waals surface area (Å²) in [5.41, 5.74) is 5.87. The Labute approximate surface area is 226 Å². The second kappa shape index (κ2) is 9.43. The van der Waals surface area contributed by atoms with Crippen molar-refractivity contribution in [2.24, 2.45) is 10.8 Å². The fraction of sp³-hybridized carbons (Fsp3) is 0.294. The third-order valence-corrected chi connectivity index (χ3v) is 7.80. The van der Waals surface area contributed by atoms with Crippen LogP contribution in [0.3, 0.4) is 0 Å². The Hall–Kier alpha value is -3.92. The van der Waals surface area contributed by atoms with Gasteiger partial charge in [0.25, 0.3) is 0 Å². The number of fused-ring (bicyclic) bond motifs is 1. The summed E-state index contributed by atoms with van der Waals surface area (Å²) in [4.78, 5) is 1.60. The van der Waals surface area contributed by atoms with Crippen LogP contribution in [-0.2, 0) is 11.8 Å². The molecule has 0 radical (unpaired) electrons.